The Bertz CT molecular complexity index is 1130. The molecule has 4 rings (SSSR count). The molecule has 0 heterocycles. The Morgan fingerprint density at radius 1 is 1.21 bits per heavy atom. The van der Waals surface area contributed by atoms with Crippen LogP contribution in [-0.2, 0) is 30.4 Å². The van der Waals surface area contributed by atoms with Gasteiger partial charge in [0.05, 0.1) is 17.5 Å². The number of primary amides is 1. The molecule has 4 N–H and O–H groups in total. The van der Waals surface area contributed by atoms with Crippen molar-refractivity contribution in [3.8, 4) is 11.5 Å². The number of carbonyl (C=O) groups is 6. The van der Waals surface area contributed by atoms with E-state index in [4.69, 9.17) is 5.73 Å². The summed E-state index contributed by atoms with van der Waals surface area (Å²) in [5.41, 5.74) is 2.65. The van der Waals surface area contributed by atoms with Crippen LogP contribution in [0.3, 0.4) is 0 Å². The molecule has 11 heteroatoms. The van der Waals surface area contributed by atoms with Crippen LogP contribution in [0.1, 0.15) is 22.3 Å². The molecule has 0 aromatic heterocycles. The molecule has 0 spiro atoms. The maximum Gasteiger partial charge on any atom is 0.298 e. The van der Waals surface area contributed by atoms with Gasteiger partial charge in [-0.2, -0.15) is 0 Å². The predicted molar refractivity (Wildman–Crippen MR) is 108 cm³/mol. The Labute approximate surface area is 187 Å². The van der Waals surface area contributed by atoms with E-state index in [2.05, 4.69) is 4.74 Å². The van der Waals surface area contributed by atoms with Gasteiger partial charge in [-0.25, -0.2) is 0 Å². The topological polar surface area (TPSA) is 181 Å². The van der Waals surface area contributed by atoms with Gasteiger partial charge in [0.15, 0.2) is 46.2 Å². The zero-order valence-electron chi connectivity index (χ0n) is 17.8. The number of aromatic hydroxyl groups is 1. The van der Waals surface area contributed by atoms with Crippen LogP contribution in [0.4, 0.5) is 0 Å². The molecule has 3 aliphatic rings. The minimum absolute atomic E-state index is 0.0305. The number of hydrogen-bond donors (Lipinski definition) is 3. The van der Waals surface area contributed by atoms with E-state index in [0.29, 0.717) is 5.56 Å². The van der Waals surface area contributed by atoms with Gasteiger partial charge < -0.3 is 20.7 Å². The molecular weight excluding hydrogens is 436 g/mol. The summed E-state index contributed by atoms with van der Waals surface area (Å²) in [6.07, 6.45) is 0.109. The second-order valence-electron chi connectivity index (χ2n) is 8.95. The number of benzene rings is 1. The lowest BCUT2D eigenvalue weighted by molar-refractivity contribution is -0.181. The van der Waals surface area contributed by atoms with Crippen LogP contribution in [-0.4, -0.2) is 76.4 Å². The molecule has 1 aromatic carbocycles. The molecule has 11 nitrogen and oxygen atoms in total. The fourth-order valence-corrected chi connectivity index (χ4v) is 5.71. The van der Waals surface area contributed by atoms with Crippen LogP contribution in [0.2, 0.25) is 0 Å². The van der Waals surface area contributed by atoms with Crippen LogP contribution in [0, 0.1) is 23.7 Å². The number of nitrogens with two attached hydrogens (primary N) is 1. The largest absolute Gasteiger partial charge is 0.504 e. The number of ether oxygens (including phenoxy) is 1. The lowest BCUT2D eigenvalue weighted by Crippen LogP contribution is -2.74. The van der Waals surface area contributed by atoms with Crippen molar-refractivity contribution in [2.24, 2.45) is 29.4 Å². The number of likely N-dealkylation sites (N-methyl/N-ethyl adjacent to an activating group) is 1. The summed E-state index contributed by atoms with van der Waals surface area (Å²) >= 11 is 0. The summed E-state index contributed by atoms with van der Waals surface area (Å²) in [5, 5.41) is 21.9. The number of amides is 1. The molecule has 3 aliphatic carbocycles. The van der Waals surface area contributed by atoms with Crippen LogP contribution in [0.5, 0.6) is 11.5 Å². The minimum atomic E-state index is -2.77. The summed E-state index contributed by atoms with van der Waals surface area (Å²) in [5.74, 6) is -11.6. The SMILES string of the molecule is CN(C)[C@@H]1C(=O)C(C(N)=O)C(=O)[C@@]2(O)C(=O)C3C(=O)c4c(ccc(OC=O)c4O)C[C@H]3C[C@@H]12. The molecule has 33 heavy (non-hydrogen) atoms. The minimum Gasteiger partial charge on any atom is -0.504 e. The number of ketones is 4. The number of carbonyl (C=O) groups excluding carboxylic acids is 6. The van der Waals surface area contributed by atoms with Crippen LogP contribution < -0.4 is 10.5 Å². The van der Waals surface area contributed by atoms with Gasteiger partial charge in [-0.15, -0.1) is 0 Å². The highest BCUT2D eigenvalue weighted by molar-refractivity contribution is 6.32. The lowest BCUT2D eigenvalue weighted by atomic mass is 9.52. The van der Waals surface area contributed by atoms with E-state index < -0.39 is 70.1 Å². The highest BCUT2D eigenvalue weighted by Crippen LogP contribution is 2.51. The number of Topliss-reactive ketones (excluding diaryl/α,β-unsaturated/α-hetero) is 4. The summed E-state index contributed by atoms with van der Waals surface area (Å²) in [6, 6.07) is 1.64. The summed E-state index contributed by atoms with van der Waals surface area (Å²) in [6.45, 7) is 0.0691. The Morgan fingerprint density at radius 3 is 2.45 bits per heavy atom. The molecule has 2 unspecified atom stereocenters. The van der Waals surface area contributed by atoms with Gasteiger partial charge in [0, 0.05) is 5.92 Å². The molecule has 2 saturated carbocycles. The van der Waals surface area contributed by atoms with E-state index >= 15 is 0 Å². The van der Waals surface area contributed by atoms with Crippen molar-refractivity contribution in [3.05, 3.63) is 23.3 Å². The molecule has 0 radical (unpaired) electrons. The van der Waals surface area contributed by atoms with Crippen LogP contribution >= 0.6 is 0 Å². The van der Waals surface area contributed by atoms with Crippen LogP contribution in [0.15, 0.2) is 12.1 Å². The van der Waals surface area contributed by atoms with E-state index in [1.165, 1.54) is 31.1 Å². The third kappa shape index (κ3) is 2.96. The van der Waals surface area contributed by atoms with Gasteiger partial charge in [-0.3, -0.25) is 33.7 Å². The first-order chi connectivity index (χ1) is 15.5. The van der Waals surface area contributed by atoms with Crippen LogP contribution in [0.25, 0.3) is 0 Å². The second-order valence-corrected chi connectivity index (χ2v) is 8.95. The van der Waals surface area contributed by atoms with Crippen molar-refractivity contribution in [1.82, 2.24) is 4.90 Å². The second kappa shape index (κ2) is 7.56. The summed E-state index contributed by atoms with van der Waals surface area (Å²) in [7, 11) is 3.03. The van der Waals surface area contributed by atoms with Gasteiger partial charge in [0.25, 0.3) is 6.47 Å². The van der Waals surface area contributed by atoms with E-state index in [9.17, 15) is 39.0 Å². The molecule has 174 valence electrons. The van der Waals surface area contributed by atoms with Crippen molar-refractivity contribution in [2.75, 3.05) is 14.1 Å². The standard InChI is InChI=1S/C22H22N2O9/c1-24(2)15-10-6-9-5-8-3-4-11(33-7-25)16(26)12(8)17(27)13(9)19(29)22(10,32)20(30)14(18(15)28)21(23)31/h3-4,7,9-10,13-15,26,32H,5-6H2,1-2H3,(H2,23,31)/t9-,10-,13?,14?,15-,22-/m0/s1. The Hall–Kier alpha value is -3.44. The molecule has 6 atom stereocenters. The molecule has 0 aliphatic heterocycles. The lowest BCUT2D eigenvalue weighted by Gasteiger charge is -2.52. The van der Waals surface area contributed by atoms with Crippen molar-refractivity contribution in [1.29, 1.82) is 0 Å². The normalized spacial score (nSPS) is 33.3. The van der Waals surface area contributed by atoms with E-state index in [-0.39, 0.29) is 30.6 Å². The summed E-state index contributed by atoms with van der Waals surface area (Å²) in [4.78, 5) is 77.0. The fourth-order valence-electron chi connectivity index (χ4n) is 5.71. The molecule has 0 bridgehead atoms. The first-order valence-corrected chi connectivity index (χ1v) is 10.3. The third-order valence-corrected chi connectivity index (χ3v) is 7.07. The Kier molecular flexibility index (Phi) is 5.21. The van der Waals surface area contributed by atoms with Crippen molar-refractivity contribution in [2.45, 2.75) is 24.5 Å². The maximum absolute atomic E-state index is 13.6. The molecule has 2 fully saturated rings. The van der Waals surface area contributed by atoms with E-state index in [1.54, 1.807) is 0 Å². The highest BCUT2D eigenvalue weighted by atomic mass is 16.5. The Morgan fingerprint density at radius 2 is 1.88 bits per heavy atom. The number of hydrogen-bond acceptors (Lipinski definition) is 10. The average molecular weight is 458 g/mol. The number of phenols is 1. The van der Waals surface area contributed by atoms with E-state index in [0.717, 1.165) is 0 Å². The first kappa shape index (κ1) is 22.7. The van der Waals surface area contributed by atoms with Crippen molar-refractivity contribution >= 4 is 35.5 Å². The predicted octanol–water partition coefficient (Wildman–Crippen LogP) is -1.60. The quantitative estimate of drug-likeness (QED) is 0.351. The monoisotopic (exact) mass is 458 g/mol. The van der Waals surface area contributed by atoms with Gasteiger partial charge in [0.1, 0.15) is 0 Å². The molecule has 1 amide bonds. The molecule has 0 saturated heterocycles. The first-order valence-electron chi connectivity index (χ1n) is 10.3. The van der Waals surface area contributed by atoms with Gasteiger partial charge >= 0.3 is 0 Å². The number of aliphatic hydroxyl groups is 1. The number of fused-ring (bicyclic) bond motifs is 3. The zero-order valence-corrected chi connectivity index (χ0v) is 17.8. The number of phenolic OH excluding ortho intramolecular Hbond substituents is 1. The maximum atomic E-state index is 13.6. The smallest absolute Gasteiger partial charge is 0.298 e. The molecule has 1 aromatic rings. The van der Waals surface area contributed by atoms with Crippen molar-refractivity contribution in [3.63, 3.8) is 0 Å². The number of nitrogens with zero attached hydrogens (tertiary/aromatic N) is 1. The highest BCUT2D eigenvalue weighted by Gasteiger charge is 2.69. The average Bonchev–Trinajstić information content (AvgIpc) is 2.72. The van der Waals surface area contributed by atoms with Crippen molar-refractivity contribution < 1.29 is 43.7 Å². The van der Waals surface area contributed by atoms with Gasteiger partial charge in [0.2, 0.25) is 5.91 Å². The Balaban J connectivity index is 1.85. The zero-order chi connectivity index (χ0) is 24.4. The summed E-state index contributed by atoms with van der Waals surface area (Å²) < 4.78 is 4.66. The third-order valence-electron chi connectivity index (χ3n) is 7.07. The van der Waals surface area contributed by atoms with E-state index in [1.807, 2.05) is 0 Å². The molecular formula is C22H22N2O9. The fraction of sp³-hybridized carbons (Fsp3) is 0.455. The van der Waals surface area contributed by atoms with Gasteiger partial charge in [-0.05, 0) is 44.5 Å². The van der Waals surface area contributed by atoms with Gasteiger partial charge in [-0.1, -0.05) is 6.07 Å². The number of rotatable bonds is 4.